The fraction of sp³-hybridized carbons (Fsp3) is 0.250. The highest BCUT2D eigenvalue weighted by Gasteiger charge is 2.23. The van der Waals surface area contributed by atoms with Crippen LogP contribution in [0.15, 0.2) is 11.0 Å². The number of nitrogens with one attached hydrogen (secondary N) is 1. The van der Waals surface area contributed by atoms with Gasteiger partial charge in [-0.1, -0.05) is 15.9 Å². The summed E-state index contributed by atoms with van der Waals surface area (Å²) >= 11 is 2.86. The van der Waals surface area contributed by atoms with Crippen LogP contribution in [0.4, 0.5) is 8.78 Å². The normalized spacial score (nSPS) is 10.7. The summed E-state index contributed by atoms with van der Waals surface area (Å²) in [5.74, 6) is -1.50. The molecule has 0 atom stereocenters. The van der Waals surface area contributed by atoms with Gasteiger partial charge in [-0.25, -0.2) is 13.6 Å². The Kier molecular flexibility index (Phi) is 3.57. The van der Waals surface area contributed by atoms with E-state index in [-0.39, 0.29) is 10.9 Å². The fourth-order valence-electron chi connectivity index (χ4n) is 1.15. The molecule has 82 valence electrons. The van der Waals surface area contributed by atoms with E-state index >= 15 is 0 Å². The van der Waals surface area contributed by atoms with Gasteiger partial charge in [-0.05, 0) is 0 Å². The Morgan fingerprint density at radius 1 is 1.60 bits per heavy atom. The molecule has 0 aromatic carbocycles. The lowest BCUT2D eigenvalue weighted by Gasteiger charge is -2.08. The molecule has 0 amide bonds. The van der Waals surface area contributed by atoms with Gasteiger partial charge in [-0.2, -0.15) is 0 Å². The van der Waals surface area contributed by atoms with Crippen LogP contribution in [-0.2, 0) is 5.33 Å². The molecule has 1 rings (SSSR count). The van der Waals surface area contributed by atoms with Crippen molar-refractivity contribution in [2.24, 2.45) is 0 Å². The van der Waals surface area contributed by atoms with E-state index in [1.54, 1.807) is 0 Å². The summed E-state index contributed by atoms with van der Waals surface area (Å²) < 4.78 is 25.2. The molecule has 0 bridgehead atoms. The van der Waals surface area contributed by atoms with Gasteiger partial charge in [0.15, 0.2) is 0 Å². The van der Waals surface area contributed by atoms with Crippen LogP contribution in [0, 0.1) is 0 Å². The molecule has 0 radical (unpaired) electrons. The van der Waals surface area contributed by atoms with Crippen molar-refractivity contribution in [3.8, 4) is 0 Å². The molecule has 15 heavy (non-hydrogen) atoms. The van der Waals surface area contributed by atoms with Gasteiger partial charge in [0.25, 0.3) is 12.0 Å². The summed E-state index contributed by atoms with van der Waals surface area (Å²) in [6, 6.07) is 0. The number of aromatic nitrogens is 1. The SMILES string of the molecule is O=C(O)c1c[nH]c(=O)c(CBr)c1C(F)F. The zero-order valence-corrected chi connectivity index (χ0v) is 8.85. The van der Waals surface area contributed by atoms with Gasteiger partial charge < -0.3 is 10.1 Å². The van der Waals surface area contributed by atoms with Crippen LogP contribution in [0.1, 0.15) is 27.9 Å². The van der Waals surface area contributed by atoms with E-state index in [9.17, 15) is 18.4 Å². The predicted octanol–water partition coefficient (Wildman–Crippen LogP) is 1.91. The van der Waals surface area contributed by atoms with Gasteiger partial charge in [0.1, 0.15) is 0 Å². The predicted molar refractivity (Wildman–Crippen MR) is 51.6 cm³/mol. The Morgan fingerprint density at radius 3 is 2.60 bits per heavy atom. The molecule has 1 heterocycles. The highest BCUT2D eigenvalue weighted by Crippen LogP contribution is 2.25. The van der Waals surface area contributed by atoms with E-state index in [2.05, 4.69) is 20.9 Å². The lowest BCUT2D eigenvalue weighted by Crippen LogP contribution is -2.18. The van der Waals surface area contributed by atoms with Crippen molar-refractivity contribution < 1.29 is 18.7 Å². The minimum Gasteiger partial charge on any atom is -0.478 e. The van der Waals surface area contributed by atoms with Crippen LogP contribution in [0.5, 0.6) is 0 Å². The van der Waals surface area contributed by atoms with Crippen LogP contribution >= 0.6 is 15.9 Å². The van der Waals surface area contributed by atoms with Crippen molar-refractivity contribution in [2.45, 2.75) is 11.8 Å². The number of aromatic amines is 1. The number of carboxylic acid groups (broad SMARTS) is 1. The van der Waals surface area contributed by atoms with Crippen LogP contribution in [0.25, 0.3) is 0 Å². The standard InChI is InChI=1S/C8H6BrF2NO3/c9-1-3-5(6(10)11)4(8(14)15)2-12-7(3)13/h2,6H,1H2,(H,12,13)(H,14,15). The maximum atomic E-state index is 12.6. The molecule has 1 aromatic rings. The number of pyridine rings is 1. The second-order valence-corrected chi connectivity index (χ2v) is 3.22. The molecule has 0 aliphatic heterocycles. The summed E-state index contributed by atoms with van der Waals surface area (Å²) in [5.41, 5.74) is -2.29. The third kappa shape index (κ3) is 2.23. The number of carbonyl (C=O) groups is 1. The topological polar surface area (TPSA) is 70.2 Å². The van der Waals surface area contributed by atoms with Gasteiger partial charge >= 0.3 is 5.97 Å². The van der Waals surface area contributed by atoms with Crippen LogP contribution in [0.3, 0.4) is 0 Å². The first-order chi connectivity index (χ1) is 6.99. The Bertz CT molecular complexity index is 444. The molecular weight excluding hydrogens is 276 g/mol. The molecule has 0 aliphatic rings. The minimum absolute atomic E-state index is 0.122. The number of carboxylic acids is 1. The Labute approximate surface area is 91.1 Å². The van der Waals surface area contributed by atoms with Crippen LogP contribution in [-0.4, -0.2) is 16.1 Å². The van der Waals surface area contributed by atoms with Gasteiger partial charge in [0, 0.05) is 22.7 Å². The highest BCUT2D eigenvalue weighted by molar-refractivity contribution is 9.08. The molecule has 2 N–H and O–H groups in total. The Hall–Kier alpha value is -1.24. The van der Waals surface area contributed by atoms with Gasteiger partial charge in [-0.15, -0.1) is 0 Å². The Balaban J connectivity index is 3.56. The lowest BCUT2D eigenvalue weighted by molar-refractivity contribution is 0.0683. The van der Waals surface area contributed by atoms with E-state index in [0.29, 0.717) is 0 Å². The highest BCUT2D eigenvalue weighted by atomic mass is 79.9. The third-order valence-electron chi connectivity index (χ3n) is 1.82. The number of hydrogen-bond donors (Lipinski definition) is 2. The second-order valence-electron chi connectivity index (χ2n) is 2.66. The fourth-order valence-corrected chi connectivity index (χ4v) is 1.70. The van der Waals surface area contributed by atoms with Gasteiger partial charge in [0.05, 0.1) is 5.56 Å². The number of rotatable bonds is 3. The number of alkyl halides is 3. The second kappa shape index (κ2) is 4.52. The summed E-state index contributed by atoms with van der Waals surface area (Å²) in [7, 11) is 0. The first kappa shape index (κ1) is 11.8. The molecule has 4 nitrogen and oxygen atoms in total. The molecule has 0 saturated carbocycles. The lowest BCUT2D eigenvalue weighted by atomic mass is 10.1. The van der Waals surface area contributed by atoms with Crippen molar-refractivity contribution in [1.82, 2.24) is 4.98 Å². The van der Waals surface area contributed by atoms with Crippen molar-refractivity contribution in [3.63, 3.8) is 0 Å². The van der Waals surface area contributed by atoms with E-state index in [1.807, 2.05) is 0 Å². The molecule has 0 saturated heterocycles. The monoisotopic (exact) mass is 281 g/mol. The maximum absolute atomic E-state index is 12.6. The molecule has 0 aliphatic carbocycles. The van der Waals surface area contributed by atoms with E-state index < -0.39 is 29.1 Å². The molecule has 0 fully saturated rings. The number of hydrogen-bond acceptors (Lipinski definition) is 2. The summed E-state index contributed by atoms with van der Waals surface area (Å²) in [6.07, 6.45) is -2.22. The summed E-state index contributed by atoms with van der Waals surface area (Å²) in [6.45, 7) is 0. The number of aromatic carboxylic acids is 1. The summed E-state index contributed by atoms with van der Waals surface area (Å²) in [4.78, 5) is 23.9. The van der Waals surface area contributed by atoms with Gasteiger partial charge in [0.2, 0.25) is 0 Å². The zero-order valence-electron chi connectivity index (χ0n) is 7.26. The largest absolute Gasteiger partial charge is 0.478 e. The van der Waals surface area contributed by atoms with Crippen LogP contribution in [0.2, 0.25) is 0 Å². The average Bonchev–Trinajstić information content (AvgIpc) is 2.16. The van der Waals surface area contributed by atoms with E-state index in [1.165, 1.54) is 0 Å². The molecule has 0 spiro atoms. The first-order valence-corrected chi connectivity index (χ1v) is 4.93. The smallest absolute Gasteiger partial charge is 0.337 e. The average molecular weight is 282 g/mol. The third-order valence-corrected chi connectivity index (χ3v) is 2.38. The Morgan fingerprint density at radius 2 is 2.20 bits per heavy atom. The molecule has 1 aromatic heterocycles. The quantitative estimate of drug-likeness (QED) is 0.832. The van der Waals surface area contributed by atoms with E-state index in [4.69, 9.17) is 5.11 Å². The van der Waals surface area contributed by atoms with Crippen molar-refractivity contribution in [1.29, 1.82) is 0 Å². The zero-order chi connectivity index (χ0) is 11.6. The first-order valence-electron chi connectivity index (χ1n) is 3.81. The van der Waals surface area contributed by atoms with E-state index in [0.717, 1.165) is 6.20 Å². The number of halogens is 3. The molecular formula is C8H6BrF2NO3. The molecule has 7 heteroatoms. The number of H-pyrrole nitrogens is 1. The van der Waals surface area contributed by atoms with Gasteiger partial charge in [-0.3, -0.25) is 4.79 Å². The molecule has 0 unspecified atom stereocenters. The van der Waals surface area contributed by atoms with Crippen LogP contribution < -0.4 is 5.56 Å². The van der Waals surface area contributed by atoms with Crippen molar-refractivity contribution >= 4 is 21.9 Å². The van der Waals surface area contributed by atoms with Crippen molar-refractivity contribution in [2.75, 3.05) is 0 Å². The minimum atomic E-state index is -2.99. The van der Waals surface area contributed by atoms with Crippen molar-refractivity contribution in [3.05, 3.63) is 33.2 Å². The summed E-state index contributed by atoms with van der Waals surface area (Å²) in [5, 5.41) is 8.53. The maximum Gasteiger partial charge on any atom is 0.337 e.